The molecule has 2 aliphatic heterocycles. The maximum Gasteiger partial charge on any atom is 0.0464 e. The third-order valence-electron chi connectivity index (χ3n) is 5.05. The summed E-state index contributed by atoms with van der Waals surface area (Å²) in [5.74, 6) is 1.86. The van der Waals surface area contributed by atoms with Gasteiger partial charge in [0.1, 0.15) is 0 Å². The lowest BCUT2D eigenvalue weighted by Crippen LogP contribution is -2.42. The van der Waals surface area contributed by atoms with Gasteiger partial charge in [-0.15, -0.1) is 0 Å². The minimum Gasteiger partial charge on any atom is -0.385 e. The zero-order valence-electron chi connectivity index (χ0n) is 12.9. The van der Waals surface area contributed by atoms with Crippen molar-refractivity contribution in [1.82, 2.24) is 9.80 Å². The molecular formula is C16H32N2O. The zero-order chi connectivity index (χ0) is 13.5. The number of hydrogen-bond donors (Lipinski definition) is 0. The van der Waals surface area contributed by atoms with Gasteiger partial charge in [-0.3, -0.25) is 0 Å². The Hall–Kier alpha value is -0.120. The van der Waals surface area contributed by atoms with Gasteiger partial charge in [-0.05, 0) is 70.1 Å². The maximum absolute atomic E-state index is 5.19. The molecule has 0 spiro atoms. The zero-order valence-corrected chi connectivity index (χ0v) is 12.9. The van der Waals surface area contributed by atoms with Crippen molar-refractivity contribution >= 4 is 0 Å². The van der Waals surface area contributed by atoms with Crippen LogP contribution in [0.2, 0.25) is 0 Å². The summed E-state index contributed by atoms with van der Waals surface area (Å²) < 4.78 is 5.19. The first-order chi connectivity index (χ1) is 9.28. The summed E-state index contributed by atoms with van der Waals surface area (Å²) in [6, 6.07) is 0. The summed E-state index contributed by atoms with van der Waals surface area (Å²) in [6.07, 6.45) is 6.81. The van der Waals surface area contributed by atoms with Crippen LogP contribution in [-0.4, -0.2) is 62.8 Å². The first-order valence-corrected chi connectivity index (χ1v) is 8.21. The Labute approximate surface area is 119 Å². The van der Waals surface area contributed by atoms with Crippen molar-refractivity contribution < 1.29 is 4.74 Å². The molecule has 0 bridgehead atoms. The fourth-order valence-electron chi connectivity index (χ4n) is 3.35. The van der Waals surface area contributed by atoms with E-state index in [0.29, 0.717) is 0 Å². The van der Waals surface area contributed by atoms with Gasteiger partial charge in [0.25, 0.3) is 0 Å². The Bertz CT molecular complexity index is 231. The first-order valence-electron chi connectivity index (χ1n) is 8.21. The van der Waals surface area contributed by atoms with Gasteiger partial charge in [0.05, 0.1) is 0 Å². The summed E-state index contributed by atoms with van der Waals surface area (Å²) >= 11 is 0. The normalized spacial score (nSPS) is 24.9. The summed E-state index contributed by atoms with van der Waals surface area (Å²) in [5, 5.41) is 0. The van der Waals surface area contributed by atoms with Crippen molar-refractivity contribution in [2.24, 2.45) is 11.8 Å². The molecule has 3 nitrogen and oxygen atoms in total. The largest absolute Gasteiger partial charge is 0.385 e. The van der Waals surface area contributed by atoms with E-state index in [1.54, 1.807) is 0 Å². The summed E-state index contributed by atoms with van der Waals surface area (Å²) in [7, 11) is 1.81. The van der Waals surface area contributed by atoms with Crippen molar-refractivity contribution in [2.75, 3.05) is 53.0 Å². The van der Waals surface area contributed by atoms with Gasteiger partial charge >= 0.3 is 0 Å². The minimum absolute atomic E-state index is 0.909. The molecule has 2 heterocycles. The molecule has 0 aromatic rings. The average molecular weight is 268 g/mol. The van der Waals surface area contributed by atoms with E-state index in [-0.39, 0.29) is 0 Å². The molecule has 0 aliphatic carbocycles. The molecule has 0 atom stereocenters. The number of hydrogen-bond acceptors (Lipinski definition) is 3. The van der Waals surface area contributed by atoms with Gasteiger partial charge in [-0.2, -0.15) is 0 Å². The number of nitrogens with zero attached hydrogens (tertiary/aromatic N) is 2. The highest BCUT2D eigenvalue weighted by Gasteiger charge is 2.20. The first kappa shape index (κ1) is 15.3. The van der Waals surface area contributed by atoms with Crippen LogP contribution in [0.25, 0.3) is 0 Å². The molecule has 0 N–H and O–H groups in total. The van der Waals surface area contributed by atoms with Crippen LogP contribution in [0.3, 0.4) is 0 Å². The number of methoxy groups -OCH3 is 1. The highest BCUT2D eigenvalue weighted by molar-refractivity contribution is 4.75. The van der Waals surface area contributed by atoms with Gasteiger partial charge in [0.2, 0.25) is 0 Å². The topological polar surface area (TPSA) is 15.7 Å². The van der Waals surface area contributed by atoms with Crippen molar-refractivity contribution in [3.8, 4) is 0 Å². The van der Waals surface area contributed by atoms with E-state index in [1.807, 2.05) is 7.11 Å². The number of likely N-dealkylation sites (tertiary alicyclic amines) is 2. The van der Waals surface area contributed by atoms with Crippen LogP contribution >= 0.6 is 0 Å². The van der Waals surface area contributed by atoms with Crippen LogP contribution in [0.1, 0.15) is 39.0 Å². The third kappa shape index (κ3) is 5.41. The second-order valence-electron chi connectivity index (χ2n) is 6.59. The van der Waals surface area contributed by atoms with Crippen molar-refractivity contribution in [2.45, 2.75) is 39.0 Å². The van der Waals surface area contributed by atoms with Crippen LogP contribution in [0, 0.1) is 11.8 Å². The van der Waals surface area contributed by atoms with Gasteiger partial charge in [0.15, 0.2) is 0 Å². The molecule has 0 aromatic heterocycles. The van der Waals surface area contributed by atoms with E-state index in [1.165, 1.54) is 71.4 Å². The molecule has 0 radical (unpaired) electrons. The van der Waals surface area contributed by atoms with Crippen LogP contribution in [-0.2, 0) is 4.74 Å². The number of rotatable bonds is 6. The van der Waals surface area contributed by atoms with Crippen LogP contribution in [0.15, 0.2) is 0 Å². The fraction of sp³-hybridized carbons (Fsp3) is 1.00. The van der Waals surface area contributed by atoms with Gasteiger partial charge in [-0.25, -0.2) is 0 Å². The van der Waals surface area contributed by atoms with E-state index in [9.17, 15) is 0 Å². The molecule has 2 rings (SSSR count). The maximum atomic E-state index is 5.19. The van der Waals surface area contributed by atoms with Gasteiger partial charge in [-0.1, -0.05) is 6.92 Å². The molecule has 0 aromatic carbocycles. The van der Waals surface area contributed by atoms with E-state index in [2.05, 4.69) is 16.7 Å². The van der Waals surface area contributed by atoms with Crippen molar-refractivity contribution in [3.63, 3.8) is 0 Å². The monoisotopic (exact) mass is 268 g/mol. The second-order valence-corrected chi connectivity index (χ2v) is 6.59. The quantitative estimate of drug-likeness (QED) is 0.736. The van der Waals surface area contributed by atoms with Crippen molar-refractivity contribution in [3.05, 3.63) is 0 Å². The highest BCUT2D eigenvalue weighted by atomic mass is 16.5. The molecule has 2 aliphatic rings. The van der Waals surface area contributed by atoms with E-state index < -0.39 is 0 Å². The lowest BCUT2D eigenvalue weighted by molar-refractivity contribution is 0.117. The Balaban J connectivity index is 1.55. The molecule has 2 fully saturated rings. The molecule has 19 heavy (non-hydrogen) atoms. The molecule has 3 heteroatoms. The lowest BCUT2D eigenvalue weighted by Gasteiger charge is -2.35. The molecule has 0 saturated carbocycles. The molecular weight excluding hydrogens is 236 g/mol. The minimum atomic E-state index is 0.909. The van der Waals surface area contributed by atoms with Crippen molar-refractivity contribution in [1.29, 1.82) is 0 Å². The number of piperidine rings is 2. The van der Waals surface area contributed by atoms with Crippen LogP contribution < -0.4 is 0 Å². The van der Waals surface area contributed by atoms with Gasteiger partial charge in [0, 0.05) is 26.8 Å². The van der Waals surface area contributed by atoms with Gasteiger partial charge < -0.3 is 14.5 Å². The van der Waals surface area contributed by atoms with E-state index in [4.69, 9.17) is 4.74 Å². The molecule has 0 amide bonds. The Kier molecular flexibility index (Phi) is 6.62. The second kappa shape index (κ2) is 8.23. The molecule has 0 unspecified atom stereocenters. The predicted octanol–water partition coefficient (Wildman–Crippen LogP) is 2.47. The Morgan fingerprint density at radius 3 is 1.95 bits per heavy atom. The number of ether oxygens (including phenoxy) is 1. The standard InChI is InChI=1S/C16H32N2O/c1-15-3-8-17(9-4-15)12-13-18-10-5-16(6-11-18)7-14-19-2/h15-16H,3-14H2,1-2H3. The SMILES string of the molecule is COCCC1CCN(CCN2CCC(C)CC2)CC1. The Morgan fingerprint density at radius 1 is 0.895 bits per heavy atom. The van der Waals surface area contributed by atoms with Crippen LogP contribution in [0.5, 0.6) is 0 Å². The average Bonchev–Trinajstić information content (AvgIpc) is 2.46. The highest BCUT2D eigenvalue weighted by Crippen LogP contribution is 2.21. The summed E-state index contributed by atoms with van der Waals surface area (Å²) in [6.45, 7) is 11.2. The summed E-state index contributed by atoms with van der Waals surface area (Å²) in [5.41, 5.74) is 0. The smallest absolute Gasteiger partial charge is 0.0464 e. The fourth-order valence-corrected chi connectivity index (χ4v) is 3.35. The van der Waals surface area contributed by atoms with E-state index >= 15 is 0 Å². The van der Waals surface area contributed by atoms with Crippen LogP contribution in [0.4, 0.5) is 0 Å². The molecule has 112 valence electrons. The Morgan fingerprint density at radius 2 is 1.42 bits per heavy atom. The lowest BCUT2D eigenvalue weighted by atomic mass is 9.94. The summed E-state index contributed by atoms with van der Waals surface area (Å²) in [4.78, 5) is 5.33. The molecule has 2 saturated heterocycles. The third-order valence-corrected chi connectivity index (χ3v) is 5.05. The van der Waals surface area contributed by atoms with E-state index in [0.717, 1.165) is 18.4 Å². The predicted molar refractivity (Wildman–Crippen MR) is 80.5 cm³/mol.